The van der Waals surface area contributed by atoms with Gasteiger partial charge >= 0.3 is 0 Å². The molecule has 1 heterocycles. The maximum atomic E-state index is 12.0. The maximum Gasteiger partial charge on any atom is 0.216 e. The van der Waals surface area contributed by atoms with Crippen LogP contribution in [0.25, 0.3) is 0 Å². The van der Waals surface area contributed by atoms with E-state index in [2.05, 4.69) is 4.90 Å². The van der Waals surface area contributed by atoms with E-state index in [4.69, 9.17) is 5.73 Å². The molecule has 0 amide bonds. The van der Waals surface area contributed by atoms with Crippen molar-refractivity contribution >= 4 is 10.0 Å². The minimum absolute atomic E-state index is 0.311. The van der Waals surface area contributed by atoms with Gasteiger partial charge in [-0.25, -0.2) is 8.42 Å². The molecule has 0 aromatic heterocycles. The summed E-state index contributed by atoms with van der Waals surface area (Å²) in [7, 11) is -3.06. The second-order valence-corrected chi connectivity index (χ2v) is 7.67. The van der Waals surface area contributed by atoms with Crippen LogP contribution in [0.1, 0.15) is 33.1 Å². The molecule has 0 aromatic rings. The summed E-state index contributed by atoms with van der Waals surface area (Å²) in [6, 6.07) is 0. The van der Waals surface area contributed by atoms with Crippen molar-refractivity contribution in [3.05, 3.63) is 0 Å². The quantitative estimate of drug-likeness (QED) is 0.687. The third-order valence-electron chi connectivity index (χ3n) is 3.47. The Morgan fingerprint density at radius 3 is 2.17 bits per heavy atom. The van der Waals surface area contributed by atoms with Gasteiger partial charge in [-0.1, -0.05) is 6.42 Å². The molecular formula is C12H27N3O2S. The van der Waals surface area contributed by atoms with Crippen molar-refractivity contribution in [3.63, 3.8) is 0 Å². The SMILES string of the molecule is CC(C)S(=O)(=O)N1CCN(CCCCCN)CC1. The summed E-state index contributed by atoms with van der Waals surface area (Å²) < 4.78 is 25.6. The normalized spacial score (nSPS) is 19.6. The van der Waals surface area contributed by atoms with Gasteiger partial charge in [0.25, 0.3) is 0 Å². The molecule has 0 aliphatic carbocycles. The fraction of sp³-hybridized carbons (Fsp3) is 1.00. The molecule has 6 heteroatoms. The Labute approximate surface area is 111 Å². The fourth-order valence-corrected chi connectivity index (χ4v) is 3.43. The lowest BCUT2D eigenvalue weighted by Crippen LogP contribution is -2.50. The zero-order valence-corrected chi connectivity index (χ0v) is 12.5. The molecule has 1 fully saturated rings. The molecule has 108 valence electrons. The monoisotopic (exact) mass is 277 g/mol. The van der Waals surface area contributed by atoms with Gasteiger partial charge in [0.05, 0.1) is 5.25 Å². The van der Waals surface area contributed by atoms with E-state index in [-0.39, 0.29) is 5.25 Å². The summed E-state index contributed by atoms with van der Waals surface area (Å²) in [4.78, 5) is 2.35. The van der Waals surface area contributed by atoms with Crippen molar-refractivity contribution in [3.8, 4) is 0 Å². The molecule has 2 N–H and O–H groups in total. The molecule has 0 spiro atoms. The van der Waals surface area contributed by atoms with Crippen LogP contribution in [0, 0.1) is 0 Å². The van der Waals surface area contributed by atoms with Crippen molar-refractivity contribution in [2.45, 2.75) is 38.4 Å². The van der Waals surface area contributed by atoms with E-state index in [9.17, 15) is 8.42 Å². The van der Waals surface area contributed by atoms with Gasteiger partial charge in [-0.05, 0) is 39.8 Å². The summed E-state index contributed by atoms with van der Waals surface area (Å²) in [5.74, 6) is 0. The Bertz CT molecular complexity index is 322. The first kappa shape index (κ1) is 15.9. The smallest absolute Gasteiger partial charge is 0.216 e. The second-order valence-electron chi connectivity index (χ2n) is 5.18. The Morgan fingerprint density at radius 1 is 1.06 bits per heavy atom. The van der Waals surface area contributed by atoms with Gasteiger partial charge < -0.3 is 10.6 Å². The first-order chi connectivity index (χ1) is 8.48. The van der Waals surface area contributed by atoms with Crippen molar-refractivity contribution < 1.29 is 8.42 Å². The van der Waals surface area contributed by atoms with Crippen molar-refractivity contribution in [2.75, 3.05) is 39.3 Å². The van der Waals surface area contributed by atoms with E-state index < -0.39 is 10.0 Å². The average Bonchev–Trinajstić information content (AvgIpc) is 2.35. The Kier molecular flexibility index (Phi) is 6.55. The molecule has 0 atom stereocenters. The van der Waals surface area contributed by atoms with Crippen LogP contribution in [0.15, 0.2) is 0 Å². The molecule has 0 aromatic carbocycles. The van der Waals surface area contributed by atoms with Crippen molar-refractivity contribution in [1.29, 1.82) is 0 Å². The largest absolute Gasteiger partial charge is 0.330 e. The molecule has 5 nitrogen and oxygen atoms in total. The Morgan fingerprint density at radius 2 is 1.67 bits per heavy atom. The number of hydrogen-bond donors (Lipinski definition) is 1. The van der Waals surface area contributed by atoms with Crippen molar-refractivity contribution in [2.24, 2.45) is 5.73 Å². The molecular weight excluding hydrogens is 250 g/mol. The maximum absolute atomic E-state index is 12.0. The number of sulfonamides is 1. The predicted molar refractivity (Wildman–Crippen MR) is 75.0 cm³/mol. The van der Waals surface area contributed by atoms with Gasteiger partial charge in [-0.15, -0.1) is 0 Å². The third-order valence-corrected chi connectivity index (χ3v) is 5.74. The van der Waals surface area contributed by atoms with Crippen LogP contribution in [0.4, 0.5) is 0 Å². The number of unbranched alkanes of at least 4 members (excludes halogenated alkanes) is 2. The molecule has 1 saturated heterocycles. The van der Waals surface area contributed by atoms with Gasteiger partial charge in [-0.3, -0.25) is 0 Å². The molecule has 1 aliphatic heterocycles. The molecule has 18 heavy (non-hydrogen) atoms. The number of rotatable bonds is 7. The molecule has 0 bridgehead atoms. The molecule has 0 saturated carbocycles. The number of hydrogen-bond acceptors (Lipinski definition) is 4. The average molecular weight is 277 g/mol. The highest BCUT2D eigenvalue weighted by Gasteiger charge is 2.28. The van der Waals surface area contributed by atoms with E-state index in [1.54, 1.807) is 18.2 Å². The molecule has 0 radical (unpaired) electrons. The minimum Gasteiger partial charge on any atom is -0.330 e. The van der Waals surface area contributed by atoms with E-state index in [0.717, 1.165) is 39.0 Å². The van der Waals surface area contributed by atoms with Crippen LogP contribution < -0.4 is 5.73 Å². The summed E-state index contributed by atoms with van der Waals surface area (Å²) in [5.41, 5.74) is 5.46. The Hall–Kier alpha value is -0.170. The van der Waals surface area contributed by atoms with Crippen LogP contribution in [0.2, 0.25) is 0 Å². The van der Waals surface area contributed by atoms with Gasteiger partial charge in [0.2, 0.25) is 10.0 Å². The van der Waals surface area contributed by atoms with Gasteiger partial charge in [0, 0.05) is 26.2 Å². The van der Waals surface area contributed by atoms with E-state index >= 15 is 0 Å². The zero-order valence-electron chi connectivity index (χ0n) is 11.6. The highest BCUT2D eigenvalue weighted by molar-refractivity contribution is 7.89. The third kappa shape index (κ3) is 4.50. The van der Waals surface area contributed by atoms with Crippen LogP contribution in [0.3, 0.4) is 0 Å². The van der Waals surface area contributed by atoms with Crippen LogP contribution in [0.5, 0.6) is 0 Å². The molecule has 1 rings (SSSR count). The number of nitrogens with zero attached hydrogens (tertiary/aromatic N) is 2. The summed E-state index contributed by atoms with van der Waals surface area (Å²) in [6.07, 6.45) is 3.41. The van der Waals surface area contributed by atoms with Gasteiger partial charge in [-0.2, -0.15) is 4.31 Å². The highest BCUT2D eigenvalue weighted by Crippen LogP contribution is 2.12. The molecule has 1 aliphatic rings. The lowest BCUT2D eigenvalue weighted by atomic mass is 10.2. The highest BCUT2D eigenvalue weighted by atomic mass is 32.2. The summed E-state index contributed by atoms with van der Waals surface area (Å²) >= 11 is 0. The van der Waals surface area contributed by atoms with Crippen LogP contribution >= 0.6 is 0 Å². The standard InChI is InChI=1S/C12H27N3O2S/c1-12(2)18(16,17)15-10-8-14(9-11-15)7-5-3-4-6-13/h12H,3-11,13H2,1-2H3. The lowest BCUT2D eigenvalue weighted by molar-refractivity contribution is 0.185. The number of nitrogens with two attached hydrogens (primary N) is 1. The van der Waals surface area contributed by atoms with Crippen LogP contribution in [-0.4, -0.2) is 62.1 Å². The first-order valence-electron chi connectivity index (χ1n) is 6.90. The van der Waals surface area contributed by atoms with E-state index in [0.29, 0.717) is 13.1 Å². The zero-order chi connectivity index (χ0) is 13.6. The minimum atomic E-state index is -3.06. The summed E-state index contributed by atoms with van der Waals surface area (Å²) in [5, 5.41) is -0.311. The van der Waals surface area contributed by atoms with E-state index in [1.165, 1.54) is 6.42 Å². The Balaban J connectivity index is 2.29. The fourth-order valence-electron chi connectivity index (χ4n) is 2.16. The van der Waals surface area contributed by atoms with Gasteiger partial charge in [0.15, 0.2) is 0 Å². The lowest BCUT2D eigenvalue weighted by Gasteiger charge is -2.34. The summed E-state index contributed by atoms with van der Waals surface area (Å²) in [6.45, 7) is 8.30. The molecule has 0 unspecified atom stereocenters. The van der Waals surface area contributed by atoms with E-state index in [1.807, 2.05) is 0 Å². The van der Waals surface area contributed by atoms with Crippen LogP contribution in [-0.2, 0) is 10.0 Å². The second kappa shape index (κ2) is 7.43. The van der Waals surface area contributed by atoms with Crippen molar-refractivity contribution in [1.82, 2.24) is 9.21 Å². The topological polar surface area (TPSA) is 66.6 Å². The number of piperazine rings is 1. The predicted octanol–water partition coefficient (Wildman–Crippen LogP) is 0.471. The van der Waals surface area contributed by atoms with Gasteiger partial charge in [0.1, 0.15) is 0 Å². The first-order valence-corrected chi connectivity index (χ1v) is 8.40.